The highest BCUT2D eigenvalue weighted by Crippen LogP contribution is 2.26. The molecule has 0 aliphatic heterocycles. The summed E-state index contributed by atoms with van der Waals surface area (Å²) in [6, 6.07) is 11.7. The summed E-state index contributed by atoms with van der Waals surface area (Å²) < 4.78 is 1.89. The maximum Gasteiger partial charge on any atom is 0.271 e. The fourth-order valence-electron chi connectivity index (χ4n) is 3.20. The number of hydrogen-bond acceptors (Lipinski definition) is 6. The van der Waals surface area contributed by atoms with E-state index in [0.717, 1.165) is 22.5 Å². The van der Waals surface area contributed by atoms with E-state index in [9.17, 15) is 25.0 Å². The number of nitro benzene ring substituents is 2. The molecule has 3 rings (SSSR count). The first kappa shape index (κ1) is 21.4. The van der Waals surface area contributed by atoms with E-state index in [1.54, 1.807) is 6.07 Å². The number of amides is 1. The molecule has 0 aliphatic rings. The Hall–Kier alpha value is -4.34. The van der Waals surface area contributed by atoms with Crippen LogP contribution in [0.1, 0.15) is 32.9 Å². The zero-order valence-electron chi connectivity index (χ0n) is 17.0. The molecule has 0 fully saturated rings. The summed E-state index contributed by atoms with van der Waals surface area (Å²) >= 11 is 0. The minimum absolute atomic E-state index is 0.00122. The van der Waals surface area contributed by atoms with Crippen molar-refractivity contribution in [2.24, 2.45) is 5.10 Å². The SMILES string of the molecule is Cc1ccc([N+](=O)[O-])cc1-n1c(C)cc(/C=N\NC(=O)c2ccc([N+](=O)[O-])cc2)c1C. The van der Waals surface area contributed by atoms with Gasteiger partial charge in [0.1, 0.15) is 0 Å². The predicted molar refractivity (Wildman–Crippen MR) is 115 cm³/mol. The second kappa shape index (κ2) is 8.57. The van der Waals surface area contributed by atoms with Gasteiger partial charge in [0.25, 0.3) is 17.3 Å². The van der Waals surface area contributed by atoms with E-state index in [2.05, 4.69) is 10.5 Å². The van der Waals surface area contributed by atoms with Gasteiger partial charge < -0.3 is 4.57 Å². The number of rotatable bonds is 6. The molecule has 0 atom stereocenters. The van der Waals surface area contributed by atoms with Gasteiger partial charge in [0.15, 0.2) is 0 Å². The van der Waals surface area contributed by atoms with E-state index in [1.165, 1.54) is 42.6 Å². The highest BCUT2D eigenvalue weighted by Gasteiger charge is 2.15. The van der Waals surface area contributed by atoms with Gasteiger partial charge in [-0.25, -0.2) is 5.43 Å². The van der Waals surface area contributed by atoms with E-state index < -0.39 is 15.8 Å². The Kier molecular flexibility index (Phi) is 5.91. The molecule has 158 valence electrons. The molecule has 0 radical (unpaired) electrons. The first-order valence-corrected chi connectivity index (χ1v) is 9.21. The van der Waals surface area contributed by atoms with E-state index in [-0.39, 0.29) is 16.9 Å². The van der Waals surface area contributed by atoms with Gasteiger partial charge in [-0.3, -0.25) is 25.0 Å². The van der Waals surface area contributed by atoms with E-state index in [1.807, 2.05) is 31.4 Å². The van der Waals surface area contributed by atoms with Crippen LogP contribution in [0.4, 0.5) is 11.4 Å². The Morgan fingerprint density at radius 2 is 1.58 bits per heavy atom. The molecule has 0 bridgehead atoms. The summed E-state index contributed by atoms with van der Waals surface area (Å²) in [5.74, 6) is -0.505. The third-order valence-electron chi connectivity index (χ3n) is 4.82. The molecule has 1 aromatic heterocycles. The van der Waals surface area contributed by atoms with Gasteiger partial charge >= 0.3 is 0 Å². The molecule has 10 heteroatoms. The van der Waals surface area contributed by atoms with Crippen molar-refractivity contribution in [1.82, 2.24) is 9.99 Å². The molecule has 0 unspecified atom stereocenters. The number of carbonyl (C=O) groups excluding carboxylic acids is 1. The number of aryl methyl sites for hydroxylation is 2. The summed E-state index contributed by atoms with van der Waals surface area (Å²) in [6.45, 7) is 5.60. The normalized spacial score (nSPS) is 10.9. The van der Waals surface area contributed by atoms with Crippen molar-refractivity contribution >= 4 is 23.5 Å². The minimum atomic E-state index is -0.543. The fraction of sp³-hybridized carbons (Fsp3) is 0.143. The first-order valence-electron chi connectivity index (χ1n) is 9.21. The molecule has 1 heterocycles. The second-order valence-corrected chi connectivity index (χ2v) is 6.89. The summed E-state index contributed by atoms with van der Waals surface area (Å²) in [5.41, 5.74) is 6.47. The summed E-state index contributed by atoms with van der Waals surface area (Å²) in [6.07, 6.45) is 1.48. The van der Waals surface area contributed by atoms with Crippen molar-refractivity contribution in [3.63, 3.8) is 0 Å². The van der Waals surface area contributed by atoms with Crippen LogP contribution in [0.5, 0.6) is 0 Å². The highest BCUT2D eigenvalue weighted by atomic mass is 16.6. The van der Waals surface area contributed by atoms with E-state index >= 15 is 0 Å². The van der Waals surface area contributed by atoms with Crippen molar-refractivity contribution in [2.45, 2.75) is 20.8 Å². The molecule has 0 aliphatic carbocycles. The van der Waals surface area contributed by atoms with Gasteiger partial charge in [-0.05, 0) is 44.5 Å². The van der Waals surface area contributed by atoms with Gasteiger partial charge in [-0.2, -0.15) is 5.10 Å². The topological polar surface area (TPSA) is 133 Å². The van der Waals surface area contributed by atoms with Gasteiger partial charge in [-0.1, -0.05) is 6.07 Å². The average Bonchev–Trinajstić information content (AvgIpc) is 3.01. The molecule has 10 nitrogen and oxygen atoms in total. The number of carbonyl (C=O) groups is 1. The molecule has 0 saturated carbocycles. The standard InChI is InChI=1S/C21H19N5O5/c1-13-4-7-19(26(30)31)11-20(13)24-14(2)10-17(15(24)3)12-22-23-21(27)16-5-8-18(9-6-16)25(28)29/h4-12H,1-3H3,(H,23,27)/b22-12-. The van der Waals surface area contributed by atoms with Crippen LogP contribution in [0.2, 0.25) is 0 Å². The Labute approximate surface area is 177 Å². The lowest BCUT2D eigenvalue weighted by Gasteiger charge is -2.12. The number of hydrogen-bond donors (Lipinski definition) is 1. The second-order valence-electron chi connectivity index (χ2n) is 6.89. The quantitative estimate of drug-likeness (QED) is 0.365. The lowest BCUT2D eigenvalue weighted by atomic mass is 10.1. The molecule has 0 saturated heterocycles. The summed E-state index contributed by atoms with van der Waals surface area (Å²) in [4.78, 5) is 33.0. The van der Waals surface area contributed by atoms with Gasteiger partial charge in [0.2, 0.25) is 0 Å². The van der Waals surface area contributed by atoms with E-state index in [4.69, 9.17) is 0 Å². The minimum Gasteiger partial charge on any atom is -0.317 e. The smallest absolute Gasteiger partial charge is 0.271 e. The van der Waals surface area contributed by atoms with Gasteiger partial charge in [0.05, 0.1) is 21.7 Å². The largest absolute Gasteiger partial charge is 0.317 e. The number of aromatic nitrogens is 1. The highest BCUT2D eigenvalue weighted by molar-refractivity contribution is 5.95. The lowest BCUT2D eigenvalue weighted by molar-refractivity contribution is -0.385. The Bertz CT molecular complexity index is 1210. The number of nitrogens with one attached hydrogen (secondary N) is 1. The first-order chi connectivity index (χ1) is 14.7. The lowest BCUT2D eigenvalue weighted by Crippen LogP contribution is -2.17. The van der Waals surface area contributed by atoms with Crippen molar-refractivity contribution < 1.29 is 14.6 Å². The van der Waals surface area contributed by atoms with Crippen LogP contribution in [-0.4, -0.2) is 26.5 Å². The molecule has 1 N–H and O–H groups in total. The van der Waals surface area contributed by atoms with Crippen molar-refractivity contribution in [1.29, 1.82) is 0 Å². The zero-order valence-corrected chi connectivity index (χ0v) is 17.0. The van der Waals surface area contributed by atoms with Crippen molar-refractivity contribution in [2.75, 3.05) is 0 Å². The molecule has 3 aromatic rings. The number of non-ortho nitro benzene ring substituents is 2. The van der Waals surface area contributed by atoms with Gasteiger partial charge in [-0.15, -0.1) is 0 Å². The number of benzene rings is 2. The third-order valence-corrected chi connectivity index (χ3v) is 4.82. The average molecular weight is 421 g/mol. The van der Waals surface area contributed by atoms with Crippen LogP contribution < -0.4 is 5.43 Å². The van der Waals surface area contributed by atoms with Gasteiger partial charge in [0, 0.05) is 46.8 Å². The van der Waals surface area contributed by atoms with Crippen LogP contribution in [-0.2, 0) is 0 Å². The third kappa shape index (κ3) is 4.47. The molecular formula is C21H19N5O5. The Balaban J connectivity index is 1.82. The van der Waals surface area contributed by atoms with Crippen LogP contribution in [0.3, 0.4) is 0 Å². The van der Waals surface area contributed by atoms with Crippen LogP contribution in [0.25, 0.3) is 5.69 Å². The van der Waals surface area contributed by atoms with Crippen molar-refractivity contribution in [3.8, 4) is 5.69 Å². The van der Waals surface area contributed by atoms with Crippen LogP contribution in [0, 0.1) is 41.0 Å². The Morgan fingerprint density at radius 1 is 0.968 bits per heavy atom. The monoisotopic (exact) mass is 421 g/mol. The maximum atomic E-state index is 12.2. The number of nitro groups is 2. The summed E-state index contributed by atoms with van der Waals surface area (Å²) in [7, 11) is 0. The predicted octanol–water partition coefficient (Wildman–Crippen LogP) is 3.98. The molecule has 31 heavy (non-hydrogen) atoms. The Morgan fingerprint density at radius 3 is 2.19 bits per heavy atom. The number of nitrogens with zero attached hydrogens (tertiary/aromatic N) is 4. The zero-order chi connectivity index (χ0) is 22.7. The molecule has 1 amide bonds. The maximum absolute atomic E-state index is 12.2. The summed E-state index contributed by atoms with van der Waals surface area (Å²) in [5, 5.41) is 25.8. The van der Waals surface area contributed by atoms with Crippen molar-refractivity contribution in [3.05, 3.63) is 96.8 Å². The molecule has 2 aromatic carbocycles. The van der Waals surface area contributed by atoms with E-state index in [0.29, 0.717) is 5.69 Å². The van der Waals surface area contributed by atoms with Crippen LogP contribution >= 0.6 is 0 Å². The molecular weight excluding hydrogens is 402 g/mol. The fourth-order valence-corrected chi connectivity index (χ4v) is 3.20. The van der Waals surface area contributed by atoms with Crippen LogP contribution in [0.15, 0.2) is 53.6 Å². The molecule has 0 spiro atoms. The number of hydrazone groups is 1.